The first-order chi connectivity index (χ1) is 7.33. The molecule has 0 fully saturated rings. The molecule has 2 N–H and O–H groups in total. The van der Waals surface area contributed by atoms with Gasteiger partial charge in [-0.15, -0.1) is 0 Å². The molecule has 0 radical (unpaired) electrons. The molecule has 1 aromatic carbocycles. The molecule has 5 heteroatoms. The zero-order valence-electron chi connectivity index (χ0n) is 9.30. The molecule has 0 spiro atoms. The van der Waals surface area contributed by atoms with Gasteiger partial charge in [-0.2, -0.15) is 13.2 Å². The van der Waals surface area contributed by atoms with Crippen molar-refractivity contribution in [1.82, 2.24) is 0 Å². The van der Waals surface area contributed by atoms with Crippen molar-refractivity contribution in [2.75, 3.05) is 23.7 Å². The van der Waals surface area contributed by atoms with E-state index in [1.165, 1.54) is 4.90 Å². The molecule has 2 nitrogen and oxygen atoms in total. The summed E-state index contributed by atoms with van der Waals surface area (Å²) in [7, 11) is 0. The minimum Gasteiger partial charge on any atom is -0.397 e. The van der Waals surface area contributed by atoms with Crippen LogP contribution in [-0.4, -0.2) is 19.3 Å². The number of alkyl halides is 3. The van der Waals surface area contributed by atoms with E-state index < -0.39 is 12.7 Å². The molecule has 0 amide bonds. The van der Waals surface area contributed by atoms with Gasteiger partial charge in [-0.1, -0.05) is 6.07 Å². The smallest absolute Gasteiger partial charge is 0.397 e. The molecule has 0 aliphatic rings. The predicted octanol–water partition coefficient (Wildman–Crippen LogP) is 2.97. The van der Waals surface area contributed by atoms with E-state index in [0.29, 0.717) is 11.4 Å². The van der Waals surface area contributed by atoms with Crippen molar-refractivity contribution in [2.45, 2.75) is 20.0 Å². The molecule has 0 saturated heterocycles. The quantitative estimate of drug-likeness (QED) is 0.812. The van der Waals surface area contributed by atoms with Crippen LogP contribution in [0.15, 0.2) is 18.2 Å². The Bertz CT molecular complexity index is 361. The van der Waals surface area contributed by atoms with Gasteiger partial charge in [0.05, 0.1) is 11.4 Å². The van der Waals surface area contributed by atoms with Gasteiger partial charge >= 0.3 is 6.18 Å². The molecule has 0 saturated carbocycles. The van der Waals surface area contributed by atoms with Gasteiger partial charge in [-0.25, -0.2) is 0 Å². The number of anilines is 2. The number of nitrogens with two attached hydrogens (primary N) is 1. The maximum Gasteiger partial charge on any atom is 0.405 e. The van der Waals surface area contributed by atoms with Gasteiger partial charge in [0.2, 0.25) is 0 Å². The Balaban J connectivity index is 2.95. The summed E-state index contributed by atoms with van der Waals surface area (Å²) in [6.45, 7) is 2.81. The van der Waals surface area contributed by atoms with Gasteiger partial charge in [-0.3, -0.25) is 0 Å². The number of hydrogen-bond acceptors (Lipinski definition) is 2. The normalized spacial score (nSPS) is 11.6. The van der Waals surface area contributed by atoms with E-state index >= 15 is 0 Å². The molecule has 0 atom stereocenters. The van der Waals surface area contributed by atoms with Crippen molar-refractivity contribution in [2.24, 2.45) is 0 Å². The molecule has 0 heterocycles. The second kappa shape index (κ2) is 4.63. The largest absolute Gasteiger partial charge is 0.405 e. The van der Waals surface area contributed by atoms with Gasteiger partial charge in [-0.05, 0) is 31.5 Å². The van der Waals surface area contributed by atoms with Crippen LogP contribution in [0, 0.1) is 6.92 Å². The number of halogens is 3. The van der Waals surface area contributed by atoms with Crippen molar-refractivity contribution >= 4 is 11.4 Å². The Kier molecular flexibility index (Phi) is 3.67. The van der Waals surface area contributed by atoms with Crippen LogP contribution in [0.4, 0.5) is 24.5 Å². The fraction of sp³-hybridized carbons (Fsp3) is 0.455. The Hall–Kier alpha value is -1.39. The van der Waals surface area contributed by atoms with E-state index in [9.17, 15) is 13.2 Å². The Labute approximate surface area is 92.9 Å². The Morgan fingerprint density at radius 1 is 1.31 bits per heavy atom. The van der Waals surface area contributed by atoms with Gasteiger partial charge in [0, 0.05) is 6.54 Å². The topological polar surface area (TPSA) is 29.3 Å². The fourth-order valence-corrected chi connectivity index (χ4v) is 1.55. The number of benzene rings is 1. The van der Waals surface area contributed by atoms with Gasteiger partial charge in [0.15, 0.2) is 0 Å². The molecule has 0 aliphatic heterocycles. The van der Waals surface area contributed by atoms with Crippen LogP contribution in [0.2, 0.25) is 0 Å². The van der Waals surface area contributed by atoms with Gasteiger partial charge < -0.3 is 10.6 Å². The first-order valence-corrected chi connectivity index (χ1v) is 5.01. The first-order valence-electron chi connectivity index (χ1n) is 5.01. The highest BCUT2D eigenvalue weighted by atomic mass is 19.4. The van der Waals surface area contributed by atoms with E-state index in [-0.39, 0.29) is 6.54 Å². The number of nitrogen functional groups attached to an aromatic ring is 1. The minimum atomic E-state index is -4.21. The van der Waals surface area contributed by atoms with Crippen LogP contribution in [0.3, 0.4) is 0 Å². The lowest BCUT2D eigenvalue weighted by molar-refractivity contribution is -0.119. The standard InChI is InChI=1S/C11H15F3N2/c1-3-16(7-11(12,13)14)10-5-4-8(2)6-9(10)15/h4-6H,3,7,15H2,1-2H3. The summed E-state index contributed by atoms with van der Waals surface area (Å²) in [5, 5.41) is 0. The van der Waals surface area contributed by atoms with Crippen molar-refractivity contribution in [3.63, 3.8) is 0 Å². The zero-order valence-corrected chi connectivity index (χ0v) is 9.30. The number of nitrogens with zero attached hydrogens (tertiary/aromatic N) is 1. The van der Waals surface area contributed by atoms with E-state index in [2.05, 4.69) is 0 Å². The molecular formula is C11H15F3N2. The van der Waals surface area contributed by atoms with E-state index in [0.717, 1.165) is 5.56 Å². The Morgan fingerprint density at radius 2 is 1.94 bits per heavy atom. The monoisotopic (exact) mass is 232 g/mol. The zero-order chi connectivity index (χ0) is 12.3. The molecule has 0 aliphatic carbocycles. The van der Waals surface area contributed by atoms with Crippen LogP contribution in [-0.2, 0) is 0 Å². The van der Waals surface area contributed by atoms with E-state index in [1.54, 1.807) is 25.1 Å². The van der Waals surface area contributed by atoms with Crippen LogP contribution in [0.5, 0.6) is 0 Å². The van der Waals surface area contributed by atoms with Crippen molar-refractivity contribution in [1.29, 1.82) is 0 Å². The van der Waals surface area contributed by atoms with Gasteiger partial charge in [0.25, 0.3) is 0 Å². The summed E-state index contributed by atoms with van der Waals surface area (Å²) < 4.78 is 36.9. The third-order valence-corrected chi connectivity index (χ3v) is 2.28. The van der Waals surface area contributed by atoms with Gasteiger partial charge in [0.1, 0.15) is 6.54 Å². The molecule has 1 rings (SSSR count). The SMILES string of the molecule is CCN(CC(F)(F)F)c1ccc(C)cc1N. The number of aryl methyl sites for hydroxylation is 1. The fourth-order valence-electron chi connectivity index (χ4n) is 1.55. The van der Waals surface area contributed by atoms with Crippen molar-refractivity contribution in [3.8, 4) is 0 Å². The lowest BCUT2D eigenvalue weighted by Crippen LogP contribution is -2.34. The molecule has 0 unspecified atom stereocenters. The summed E-state index contributed by atoms with van der Waals surface area (Å²) in [4.78, 5) is 1.22. The van der Waals surface area contributed by atoms with E-state index in [1.807, 2.05) is 6.92 Å². The highest BCUT2D eigenvalue weighted by Gasteiger charge is 2.30. The lowest BCUT2D eigenvalue weighted by Gasteiger charge is -2.25. The highest BCUT2D eigenvalue weighted by molar-refractivity contribution is 5.68. The maximum absolute atomic E-state index is 12.3. The highest BCUT2D eigenvalue weighted by Crippen LogP contribution is 2.27. The summed E-state index contributed by atoms with van der Waals surface area (Å²) in [6.07, 6.45) is -4.21. The summed E-state index contributed by atoms with van der Waals surface area (Å²) in [6, 6.07) is 5.05. The maximum atomic E-state index is 12.3. The summed E-state index contributed by atoms with van der Waals surface area (Å²) >= 11 is 0. The lowest BCUT2D eigenvalue weighted by atomic mass is 10.2. The first kappa shape index (κ1) is 12.7. The minimum absolute atomic E-state index is 0.271. The van der Waals surface area contributed by atoms with Crippen LogP contribution < -0.4 is 10.6 Å². The molecule has 90 valence electrons. The summed E-state index contributed by atoms with van der Waals surface area (Å²) in [5.41, 5.74) is 7.46. The molecule has 0 bridgehead atoms. The number of rotatable bonds is 3. The predicted molar refractivity (Wildman–Crippen MR) is 59.5 cm³/mol. The average Bonchev–Trinajstić information content (AvgIpc) is 2.13. The van der Waals surface area contributed by atoms with Crippen molar-refractivity contribution < 1.29 is 13.2 Å². The second-order valence-corrected chi connectivity index (χ2v) is 3.69. The van der Waals surface area contributed by atoms with Crippen LogP contribution in [0.1, 0.15) is 12.5 Å². The molecule has 16 heavy (non-hydrogen) atoms. The molecular weight excluding hydrogens is 217 g/mol. The second-order valence-electron chi connectivity index (χ2n) is 3.69. The van der Waals surface area contributed by atoms with Crippen LogP contribution >= 0.6 is 0 Å². The Morgan fingerprint density at radius 3 is 2.38 bits per heavy atom. The van der Waals surface area contributed by atoms with Crippen LogP contribution in [0.25, 0.3) is 0 Å². The number of hydrogen-bond donors (Lipinski definition) is 1. The third kappa shape index (κ3) is 3.32. The molecule has 0 aromatic heterocycles. The van der Waals surface area contributed by atoms with Crippen molar-refractivity contribution in [3.05, 3.63) is 23.8 Å². The van der Waals surface area contributed by atoms with E-state index in [4.69, 9.17) is 5.73 Å². The average molecular weight is 232 g/mol. The molecule has 1 aromatic rings. The third-order valence-electron chi connectivity index (χ3n) is 2.28. The summed E-state index contributed by atoms with van der Waals surface area (Å²) in [5.74, 6) is 0.